The number of nitrogens with one attached hydrogen (secondary N) is 1. The van der Waals surface area contributed by atoms with Gasteiger partial charge in [-0.05, 0) is 53.9 Å². The van der Waals surface area contributed by atoms with E-state index < -0.39 is 0 Å². The number of aryl methyl sites for hydroxylation is 1. The molecule has 0 aliphatic carbocycles. The highest BCUT2D eigenvalue weighted by Crippen LogP contribution is 2.31. The van der Waals surface area contributed by atoms with Crippen molar-refractivity contribution in [2.24, 2.45) is 0 Å². The second-order valence-electron chi connectivity index (χ2n) is 5.01. The molecule has 1 unspecified atom stereocenters. The van der Waals surface area contributed by atoms with Crippen molar-refractivity contribution in [1.29, 1.82) is 0 Å². The maximum absolute atomic E-state index is 5.92. The van der Waals surface area contributed by atoms with Crippen LogP contribution in [-0.4, -0.2) is 24.2 Å². The Morgan fingerprint density at radius 3 is 3.16 bits per heavy atom. The van der Waals surface area contributed by atoms with Gasteiger partial charge in [0.2, 0.25) is 5.88 Å². The SMILES string of the molecule is Cc1cccc2c(OCC3CCCN3)ncc(Br)c12. The molecule has 1 saturated heterocycles. The van der Waals surface area contributed by atoms with Crippen molar-refractivity contribution in [1.82, 2.24) is 10.3 Å². The Hall–Kier alpha value is -1.13. The molecule has 1 aromatic heterocycles. The first-order valence-electron chi connectivity index (χ1n) is 6.66. The summed E-state index contributed by atoms with van der Waals surface area (Å²) in [4.78, 5) is 4.41. The van der Waals surface area contributed by atoms with Gasteiger partial charge in [-0.2, -0.15) is 0 Å². The summed E-state index contributed by atoms with van der Waals surface area (Å²) in [7, 11) is 0. The summed E-state index contributed by atoms with van der Waals surface area (Å²) in [5.74, 6) is 0.732. The van der Waals surface area contributed by atoms with E-state index in [4.69, 9.17) is 4.74 Å². The van der Waals surface area contributed by atoms with Crippen LogP contribution in [0.3, 0.4) is 0 Å². The maximum Gasteiger partial charge on any atom is 0.221 e. The molecule has 4 heteroatoms. The van der Waals surface area contributed by atoms with Crippen molar-refractivity contribution in [2.45, 2.75) is 25.8 Å². The van der Waals surface area contributed by atoms with Crippen LogP contribution in [0.1, 0.15) is 18.4 Å². The number of fused-ring (bicyclic) bond motifs is 1. The molecule has 3 nitrogen and oxygen atoms in total. The Morgan fingerprint density at radius 2 is 2.37 bits per heavy atom. The van der Waals surface area contributed by atoms with Gasteiger partial charge in [-0.3, -0.25) is 0 Å². The van der Waals surface area contributed by atoms with E-state index in [-0.39, 0.29) is 0 Å². The minimum atomic E-state index is 0.463. The molecule has 1 aromatic carbocycles. The van der Waals surface area contributed by atoms with Gasteiger partial charge in [-0.15, -0.1) is 0 Å². The van der Waals surface area contributed by atoms with E-state index in [0.29, 0.717) is 12.6 Å². The van der Waals surface area contributed by atoms with Crippen LogP contribution in [0.25, 0.3) is 10.8 Å². The standard InChI is InChI=1S/C15H17BrN2O/c1-10-4-2-6-12-14(10)13(16)8-18-15(12)19-9-11-5-3-7-17-11/h2,4,6,8,11,17H,3,5,7,9H2,1H3. The third kappa shape index (κ3) is 2.60. The van der Waals surface area contributed by atoms with Gasteiger partial charge in [-0.25, -0.2) is 4.98 Å². The smallest absolute Gasteiger partial charge is 0.221 e. The number of hydrogen-bond donors (Lipinski definition) is 1. The summed E-state index contributed by atoms with van der Waals surface area (Å²) in [5.41, 5.74) is 1.23. The van der Waals surface area contributed by atoms with Crippen molar-refractivity contribution in [2.75, 3.05) is 13.2 Å². The lowest BCUT2D eigenvalue weighted by atomic mass is 10.1. The quantitative estimate of drug-likeness (QED) is 0.940. The molecule has 3 rings (SSSR count). The van der Waals surface area contributed by atoms with E-state index in [2.05, 4.69) is 45.3 Å². The van der Waals surface area contributed by atoms with Crippen LogP contribution in [0.2, 0.25) is 0 Å². The zero-order chi connectivity index (χ0) is 13.2. The van der Waals surface area contributed by atoms with Crippen LogP contribution in [-0.2, 0) is 0 Å². The fourth-order valence-electron chi connectivity index (χ4n) is 2.61. The van der Waals surface area contributed by atoms with Crippen molar-refractivity contribution >= 4 is 26.7 Å². The molecule has 0 spiro atoms. The number of ether oxygens (including phenoxy) is 1. The van der Waals surface area contributed by atoms with Crippen molar-refractivity contribution < 1.29 is 4.74 Å². The molecule has 1 aliphatic heterocycles. The van der Waals surface area contributed by atoms with Crippen LogP contribution in [0.15, 0.2) is 28.9 Å². The lowest BCUT2D eigenvalue weighted by molar-refractivity contribution is 0.271. The molecule has 0 saturated carbocycles. The van der Waals surface area contributed by atoms with Gasteiger partial charge in [0.15, 0.2) is 0 Å². The molecule has 2 heterocycles. The van der Waals surface area contributed by atoms with Gasteiger partial charge >= 0.3 is 0 Å². The third-order valence-corrected chi connectivity index (χ3v) is 4.22. The predicted molar refractivity (Wildman–Crippen MR) is 80.7 cm³/mol. The number of rotatable bonds is 3. The highest BCUT2D eigenvalue weighted by molar-refractivity contribution is 9.10. The maximum atomic E-state index is 5.92. The largest absolute Gasteiger partial charge is 0.476 e. The van der Waals surface area contributed by atoms with Gasteiger partial charge in [0, 0.05) is 27.5 Å². The van der Waals surface area contributed by atoms with Crippen molar-refractivity contribution in [3.63, 3.8) is 0 Å². The first-order chi connectivity index (χ1) is 9.25. The van der Waals surface area contributed by atoms with Gasteiger partial charge in [-0.1, -0.05) is 12.1 Å². The number of hydrogen-bond acceptors (Lipinski definition) is 3. The summed E-state index contributed by atoms with van der Waals surface area (Å²) < 4.78 is 6.94. The lowest BCUT2D eigenvalue weighted by Gasteiger charge is -2.14. The van der Waals surface area contributed by atoms with E-state index >= 15 is 0 Å². The van der Waals surface area contributed by atoms with Gasteiger partial charge in [0.1, 0.15) is 6.61 Å². The van der Waals surface area contributed by atoms with Crippen LogP contribution in [0.5, 0.6) is 5.88 Å². The molecule has 1 atom stereocenters. The first-order valence-corrected chi connectivity index (χ1v) is 7.45. The molecule has 0 amide bonds. The summed E-state index contributed by atoms with van der Waals surface area (Å²) >= 11 is 3.57. The highest BCUT2D eigenvalue weighted by atomic mass is 79.9. The van der Waals surface area contributed by atoms with E-state index in [1.165, 1.54) is 23.8 Å². The molecule has 1 fully saturated rings. The van der Waals surface area contributed by atoms with Crippen LogP contribution >= 0.6 is 15.9 Å². The van der Waals surface area contributed by atoms with Crippen LogP contribution < -0.4 is 10.1 Å². The van der Waals surface area contributed by atoms with E-state index in [1.54, 1.807) is 0 Å². The summed E-state index contributed by atoms with van der Waals surface area (Å²) in [6, 6.07) is 6.68. The Bertz CT molecular complexity index is 586. The molecule has 0 bridgehead atoms. The first kappa shape index (κ1) is 12.9. The minimum Gasteiger partial charge on any atom is -0.476 e. The number of benzene rings is 1. The molecule has 100 valence electrons. The fourth-order valence-corrected chi connectivity index (χ4v) is 3.23. The number of aromatic nitrogens is 1. The molecule has 2 aromatic rings. The minimum absolute atomic E-state index is 0.463. The Balaban J connectivity index is 1.90. The number of nitrogens with zero attached hydrogens (tertiary/aromatic N) is 1. The van der Waals surface area contributed by atoms with Crippen molar-refractivity contribution in [3.05, 3.63) is 34.4 Å². The fraction of sp³-hybridized carbons (Fsp3) is 0.400. The Kier molecular flexibility index (Phi) is 3.71. The molecule has 1 aliphatic rings. The topological polar surface area (TPSA) is 34.1 Å². The average molecular weight is 321 g/mol. The zero-order valence-electron chi connectivity index (χ0n) is 10.9. The highest BCUT2D eigenvalue weighted by Gasteiger charge is 2.16. The normalized spacial score (nSPS) is 18.9. The van der Waals surface area contributed by atoms with Gasteiger partial charge in [0.05, 0.1) is 0 Å². The predicted octanol–water partition coefficient (Wildman–Crippen LogP) is 3.44. The second-order valence-corrected chi connectivity index (χ2v) is 5.87. The molecule has 19 heavy (non-hydrogen) atoms. The van der Waals surface area contributed by atoms with Crippen molar-refractivity contribution in [3.8, 4) is 5.88 Å². The van der Waals surface area contributed by atoms with Crippen LogP contribution in [0.4, 0.5) is 0 Å². The summed E-state index contributed by atoms with van der Waals surface area (Å²) in [5, 5.41) is 5.70. The molecular formula is C15H17BrN2O. The lowest BCUT2D eigenvalue weighted by Crippen LogP contribution is -2.28. The Labute approximate surface area is 121 Å². The van der Waals surface area contributed by atoms with Gasteiger partial charge in [0.25, 0.3) is 0 Å². The molecule has 0 radical (unpaired) electrons. The van der Waals surface area contributed by atoms with Gasteiger partial charge < -0.3 is 10.1 Å². The number of pyridine rings is 1. The average Bonchev–Trinajstić information content (AvgIpc) is 2.91. The summed E-state index contributed by atoms with van der Waals surface area (Å²) in [6.45, 7) is 3.90. The van der Waals surface area contributed by atoms with Crippen LogP contribution in [0, 0.1) is 6.92 Å². The Morgan fingerprint density at radius 1 is 1.47 bits per heavy atom. The third-order valence-electron chi connectivity index (χ3n) is 3.62. The van der Waals surface area contributed by atoms with E-state index in [0.717, 1.165) is 22.3 Å². The monoisotopic (exact) mass is 320 g/mol. The van der Waals surface area contributed by atoms with E-state index in [9.17, 15) is 0 Å². The zero-order valence-corrected chi connectivity index (χ0v) is 12.5. The molecular weight excluding hydrogens is 304 g/mol. The molecule has 1 N–H and O–H groups in total. The van der Waals surface area contributed by atoms with E-state index in [1.807, 2.05) is 12.3 Å². The second kappa shape index (κ2) is 5.47. The number of halogens is 1. The summed E-state index contributed by atoms with van der Waals surface area (Å²) in [6.07, 6.45) is 4.25.